The fourth-order valence-corrected chi connectivity index (χ4v) is 3.82. The largest absolute Gasteiger partial charge is 0.545 e. The highest BCUT2D eigenvalue weighted by atomic mass is 16.5. The van der Waals surface area contributed by atoms with Crippen molar-refractivity contribution >= 4 is 5.97 Å². The molecule has 1 aromatic heterocycles. The van der Waals surface area contributed by atoms with Gasteiger partial charge in [-0.1, -0.05) is 48.0 Å². The third-order valence-corrected chi connectivity index (χ3v) is 5.47. The van der Waals surface area contributed by atoms with Crippen LogP contribution in [0.25, 0.3) is 0 Å². The molecule has 30 heavy (non-hydrogen) atoms. The SMILES string of the molecule is CCOc1ccccc1CNCc1c(C(=O)[O-])c(C)n(Cc2ccc(C)cc2)c1C. The lowest BCUT2D eigenvalue weighted by Gasteiger charge is -2.12. The predicted octanol–water partition coefficient (Wildman–Crippen LogP) is 3.51. The van der Waals surface area contributed by atoms with E-state index >= 15 is 0 Å². The molecule has 0 aliphatic rings. The molecule has 5 heteroatoms. The van der Waals surface area contributed by atoms with Gasteiger partial charge in [-0.05, 0) is 44.9 Å². The molecule has 2 aromatic carbocycles. The molecule has 0 fully saturated rings. The monoisotopic (exact) mass is 405 g/mol. The van der Waals surface area contributed by atoms with Crippen molar-refractivity contribution in [2.75, 3.05) is 6.61 Å². The van der Waals surface area contributed by atoms with Gasteiger partial charge in [0, 0.05) is 42.1 Å². The van der Waals surface area contributed by atoms with Gasteiger partial charge in [0.1, 0.15) is 5.75 Å². The van der Waals surface area contributed by atoms with Crippen LogP contribution in [0.1, 0.15) is 50.9 Å². The van der Waals surface area contributed by atoms with Crippen LogP contribution in [0.15, 0.2) is 48.5 Å². The number of carbonyl (C=O) groups is 1. The number of hydrogen-bond acceptors (Lipinski definition) is 4. The van der Waals surface area contributed by atoms with Crippen molar-refractivity contribution in [3.63, 3.8) is 0 Å². The summed E-state index contributed by atoms with van der Waals surface area (Å²) in [6.45, 7) is 10.1. The van der Waals surface area contributed by atoms with Gasteiger partial charge in [-0.3, -0.25) is 0 Å². The third kappa shape index (κ3) is 4.74. The Morgan fingerprint density at radius 1 is 1.00 bits per heavy atom. The summed E-state index contributed by atoms with van der Waals surface area (Å²) in [4.78, 5) is 11.9. The highest BCUT2D eigenvalue weighted by molar-refractivity contribution is 5.89. The Labute approximate surface area is 178 Å². The minimum absolute atomic E-state index is 0.283. The lowest BCUT2D eigenvalue weighted by atomic mass is 10.1. The average molecular weight is 406 g/mol. The summed E-state index contributed by atoms with van der Waals surface area (Å²) in [6.07, 6.45) is 0. The topological polar surface area (TPSA) is 66.3 Å². The second-order valence-electron chi connectivity index (χ2n) is 7.53. The van der Waals surface area contributed by atoms with Gasteiger partial charge in [-0.2, -0.15) is 0 Å². The Hall–Kier alpha value is -3.05. The first-order valence-corrected chi connectivity index (χ1v) is 10.3. The van der Waals surface area contributed by atoms with E-state index in [0.29, 0.717) is 26.2 Å². The van der Waals surface area contributed by atoms with Gasteiger partial charge >= 0.3 is 0 Å². The molecule has 3 aromatic rings. The molecular formula is C25H29N2O3-. The molecular weight excluding hydrogens is 376 g/mol. The maximum Gasteiger partial charge on any atom is 0.123 e. The quantitative estimate of drug-likeness (QED) is 0.592. The van der Waals surface area contributed by atoms with Crippen LogP contribution >= 0.6 is 0 Å². The first-order valence-electron chi connectivity index (χ1n) is 10.3. The maximum absolute atomic E-state index is 11.9. The number of rotatable bonds is 9. The molecule has 0 bridgehead atoms. The number of carboxylic acid groups (broad SMARTS) is 1. The average Bonchev–Trinajstić information content (AvgIpc) is 2.95. The third-order valence-electron chi connectivity index (χ3n) is 5.47. The molecule has 0 aliphatic carbocycles. The van der Waals surface area contributed by atoms with E-state index < -0.39 is 5.97 Å². The number of hydrogen-bond donors (Lipinski definition) is 1. The van der Waals surface area contributed by atoms with Crippen molar-refractivity contribution in [2.45, 2.75) is 47.3 Å². The number of aromatic carboxylic acids is 1. The number of nitrogens with zero attached hydrogens (tertiary/aromatic N) is 1. The maximum atomic E-state index is 11.9. The van der Waals surface area contributed by atoms with Gasteiger partial charge in [0.25, 0.3) is 0 Å². The Morgan fingerprint density at radius 2 is 1.70 bits per heavy atom. The van der Waals surface area contributed by atoms with E-state index in [1.165, 1.54) is 5.56 Å². The number of carbonyl (C=O) groups excluding carboxylic acids is 1. The molecule has 0 atom stereocenters. The summed E-state index contributed by atoms with van der Waals surface area (Å²) in [5.74, 6) is -0.290. The van der Waals surface area contributed by atoms with E-state index in [2.05, 4.69) is 41.1 Å². The minimum atomic E-state index is -1.13. The molecule has 0 amide bonds. The molecule has 3 rings (SSSR count). The lowest BCUT2D eigenvalue weighted by Crippen LogP contribution is -2.25. The van der Waals surface area contributed by atoms with Crippen LogP contribution in [-0.4, -0.2) is 17.1 Å². The Kier molecular flexibility index (Phi) is 6.95. The van der Waals surface area contributed by atoms with Gasteiger partial charge in [0.15, 0.2) is 0 Å². The number of para-hydroxylation sites is 1. The van der Waals surface area contributed by atoms with E-state index in [1.54, 1.807) is 0 Å². The van der Waals surface area contributed by atoms with Crippen LogP contribution < -0.4 is 15.2 Å². The van der Waals surface area contributed by atoms with E-state index in [9.17, 15) is 9.90 Å². The van der Waals surface area contributed by atoms with E-state index in [0.717, 1.165) is 33.8 Å². The van der Waals surface area contributed by atoms with Crippen molar-refractivity contribution in [3.05, 3.63) is 87.7 Å². The van der Waals surface area contributed by atoms with Crippen LogP contribution in [0.2, 0.25) is 0 Å². The molecule has 1 heterocycles. The molecule has 0 radical (unpaired) electrons. The van der Waals surface area contributed by atoms with E-state index in [-0.39, 0.29) is 5.56 Å². The van der Waals surface area contributed by atoms with Gasteiger partial charge in [0.05, 0.1) is 12.6 Å². The standard InChI is InChI=1S/C25H30N2O3/c1-5-30-23-9-7-6-8-21(23)14-26-15-22-18(3)27(19(4)24(22)25(28)29)16-20-12-10-17(2)11-13-20/h6-13,26H,5,14-16H2,1-4H3,(H,28,29)/p-1. The summed E-state index contributed by atoms with van der Waals surface area (Å²) < 4.78 is 7.73. The first kappa shape index (κ1) is 21.7. The van der Waals surface area contributed by atoms with Crippen LogP contribution in [0.5, 0.6) is 5.75 Å². The Bertz CT molecular complexity index is 1020. The molecule has 0 spiro atoms. The summed E-state index contributed by atoms with van der Waals surface area (Å²) in [5, 5.41) is 15.3. The fraction of sp³-hybridized carbons (Fsp3) is 0.320. The second-order valence-corrected chi connectivity index (χ2v) is 7.53. The summed E-state index contributed by atoms with van der Waals surface area (Å²) in [6, 6.07) is 16.2. The van der Waals surface area contributed by atoms with Gasteiger partial charge < -0.3 is 24.5 Å². The molecule has 5 nitrogen and oxygen atoms in total. The number of aryl methyl sites for hydroxylation is 1. The van der Waals surface area contributed by atoms with Gasteiger partial charge in [-0.15, -0.1) is 0 Å². The smallest absolute Gasteiger partial charge is 0.123 e. The first-order chi connectivity index (χ1) is 14.4. The zero-order valence-corrected chi connectivity index (χ0v) is 18.1. The van der Waals surface area contributed by atoms with Crippen LogP contribution in [0, 0.1) is 20.8 Å². The highest BCUT2D eigenvalue weighted by Crippen LogP contribution is 2.24. The molecule has 0 aliphatic heterocycles. The number of benzene rings is 2. The second kappa shape index (κ2) is 9.63. The van der Waals surface area contributed by atoms with Crippen molar-refractivity contribution in [2.24, 2.45) is 0 Å². The van der Waals surface area contributed by atoms with Crippen molar-refractivity contribution in [3.8, 4) is 5.75 Å². The number of ether oxygens (including phenoxy) is 1. The van der Waals surface area contributed by atoms with Gasteiger partial charge in [0.2, 0.25) is 0 Å². The minimum Gasteiger partial charge on any atom is -0.545 e. The zero-order chi connectivity index (χ0) is 21.7. The normalized spacial score (nSPS) is 10.9. The zero-order valence-electron chi connectivity index (χ0n) is 18.1. The number of nitrogens with one attached hydrogen (secondary N) is 1. The molecule has 0 unspecified atom stereocenters. The van der Waals surface area contributed by atoms with Crippen LogP contribution in [0.3, 0.4) is 0 Å². The van der Waals surface area contributed by atoms with Crippen molar-refractivity contribution in [1.82, 2.24) is 9.88 Å². The fourth-order valence-electron chi connectivity index (χ4n) is 3.82. The Balaban J connectivity index is 1.82. The van der Waals surface area contributed by atoms with Crippen LogP contribution in [0.4, 0.5) is 0 Å². The molecule has 158 valence electrons. The van der Waals surface area contributed by atoms with Crippen molar-refractivity contribution in [1.29, 1.82) is 0 Å². The molecule has 0 saturated carbocycles. The summed E-state index contributed by atoms with van der Waals surface area (Å²) in [7, 11) is 0. The lowest BCUT2D eigenvalue weighted by molar-refractivity contribution is -0.255. The molecule has 1 N–H and O–H groups in total. The Morgan fingerprint density at radius 3 is 2.37 bits per heavy atom. The molecule has 0 saturated heterocycles. The predicted molar refractivity (Wildman–Crippen MR) is 117 cm³/mol. The number of carboxylic acids is 1. The summed E-state index contributed by atoms with van der Waals surface area (Å²) in [5.41, 5.74) is 6.10. The van der Waals surface area contributed by atoms with Crippen molar-refractivity contribution < 1.29 is 14.6 Å². The highest BCUT2D eigenvalue weighted by Gasteiger charge is 2.18. The summed E-state index contributed by atoms with van der Waals surface area (Å²) >= 11 is 0. The van der Waals surface area contributed by atoms with Gasteiger partial charge in [-0.25, -0.2) is 0 Å². The number of aromatic nitrogens is 1. The van der Waals surface area contributed by atoms with E-state index in [1.807, 2.05) is 45.0 Å². The van der Waals surface area contributed by atoms with E-state index in [4.69, 9.17) is 4.74 Å². The van der Waals surface area contributed by atoms with Crippen LogP contribution in [-0.2, 0) is 19.6 Å².